The minimum Gasteiger partial charge on any atom is -0.494 e. The molecule has 0 bridgehead atoms. The number of anilines is 1. The molecule has 3 aromatic carbocycles. The summed E-state index contributed by atoms with van der Waals surface area (Å²) >= 11 is 0. The molecule has 0 aliphatic rings. The second kappa shape index (κ2) is 11.7. The van der Waals surface area contributed by atoms with Gasteiger partial charge in [0.1, 0.15) is 22.2 Å². The molecule has 0 unspecified atom stereocenters. The van der Waals surface area contributed by atoms with Gasteiger partial charge in [-0.3, -0.25) is 0 Å². The van der Waals surface area contributed by atoms with E-state index >= 15 is 0 Å². The molecule has 0 heterocycles. The van der Waals surface area contributed by atoms with Gasteiger partial charge in [-0.2, -0.15) is 8.42 Å². The van der Waals surface area contributed by atoms with Gasteiger partial charge in [0, 0.05) is 18.8 Å². The third-order valence-corrected chi connectivity index (χ3v) is 6.13. The first-order valence-electron chi connectivity index (χ1n) is 11.2. The summed E-state index contributed by atoms with van der Waals surface area (Å²) in [4.78, 5) is 14.5. The Morgan fingerprint density at radius 3 is 2.31 bits per heavy atom. The molecule has 0 radical (unpaired) electrons. The van der Waals surface area contributed by atoms with Gasteiger partial charge in [0.25, 0.3) is 0 Å². The lowest BCUT2D eigenvalue weighted by molar-refractivity contribution is 0.201. The van der Waals surface area contributed by atoms with Crippen LogP contribution in [-0.2, 0) is 16.7 Å². The summed E-state index contributed by atoms with van der Waals surface area (Å²) in [5.74, 6) is 0.485. The standard InChI is InChI=1S/C26H29FN2O5S/c1-4-33-23-12-10-22(11-13-23)28-26(30)29(17-19(2)3)18-20-6-5-7-24(16-20)34-35(31,32)25-14-8-21(27)9-15-25/h5-16,19H,4,17-18H2,1-3H3,(H,28,30). The van der Waals surface area contributed by atoms with Crippen LogP contribution in [0.5, 0.6) is 11.5 Å². The molecule has 3 aromatic rings. The Morgan fingerprint density at radius 2 is 1.69 bits per heavy atom. The monoisotopic (exact) mass is 500 g/mol. The summed E-state index contributed by atoms with van der Waals surface area (Å²) in [5, 5.41) is 2.89. The predicted molar refractivity (Wildman–Crippen MR) is 133 cm³/mol. The zero-order valence-electron chi connectivity index (χ0n) is 19.9. The van der Waals surface area contributed by atoms with Crippen molar-refractivity contribution in [2.75, 3.05) is 18.5 Å². The number of rotatable bonds is 10. The largest absolute Gasteiger partial charge is 0.494 e. The van der Waals surface area contributed by atoms with E-state index in [-0.39, 0.29) is 29.1 Å². The van der Waals surface area contributed by atoms with E-state index in [2.05, 4.69) is 5.32 Å². The van der Waals surface area contributed by atoms with Crippen LogP contribution in [0.25, 0.3) is 0 Å². The number of carbonyl (C=O) groups excluding carboxylic acids is 1. The lowest BCUT2D eigenvalue weighted by atomic mass is 10.1. The maximum atomic E-state index is 13.1. The predicted octanol–water partition coefficient (Wildman–Crippen LogP) is 5.68. The van der Waals surface area contributed by atoms with Crippen molar-refractivity contribution in [1.29, 1.82) is 0 Å². The van der Waals surface area contributed by atoms with Gasteiger partial charge in [0.15, 0.2) is 0 Å². The molecule has 9 heteroatoms. The minimum atomic E-state index is -4.13. The third-order valence-electron chi connectivity index (χ3n) is 4.87. The molecule has 0 aromatic heterocycles. The summed E-state index contributed by atoms with van der Waals surface area (Å²) in [6, 6.07) is 17.7. The van der Waals surface area contributed by atoms with Crippen molar-refractivity contribution in [2.24, 2.45) is 5.92 Å². The number of urea groups is 1. The van der Waals surface area contributed by atoms with E-state index in [4.69, 9.17) is 8.92 Å². The van der Waals surface area contributed by atoms with Gasteiger partial charge in [-0.25, -0.2) is 9.18 Å². The Labute approximate surface area is 205 Å². The highest BCUT2D eigenvalue weighted by Crippen LogP contribution is 2.22. The first-order chi connectivity index (χ1) is 16.7. The molecule has 0 atom stereocenters. The van der Waals surface area contributed by atoms with Crippen LogP contribution in [0.1, 0.15) is 26.3 Å². The first-order valence-corrected chi connectivity index (χ1v) is 12.6. The normalized spacial score (nSPS) is 11.2. The van der Waals surface area contributed by atoms with Gasteiger partial charge in [-0.1, -0.05) is 26.0 Å². The second-order valence-corrected chi connectivity index (χ2v) is 9.85. The molecule has 0 fully saturated rings. The number of carbonyl (C=O) groups is 1. The Bertz CT molecular complexity index is 1230. The van der Waals surface area contributed by atoms with Gasteiger partial charge in [-0.15, -0.1) is 0 Å². The molecule has 35 heavy (non-hydrogen) atoms. The summed E-state index contributed by atoms with van der Waals surface area (Å²) in [7, 11) is -4.13. The van der Waals surface area contributed by atoms with Gasteiger partial charge < -0.3 is 19.1 Å². The van der Waals surface area contributed by atoms with Crippen molar-refractivity contribution in [3.05, 3.63) is 84.2 Å². The number of amides is 2. The minimum absolute atomic E-state index is 0.100. The number of benzene rings is 3. The molecule has 0 aliphatic heterocycles. The van der Waals surface area contributed by atoms with Crippen LogP contribution < -0.4 is 14.2 Å². The number of nitrogens with one attached hydrogen (secondary N) is 1. The maximum absolute atomic E-state index is 13.1. The molecule has 2 amide bonds. The van der Waals surface area contributed by atoms with E-state index in [0.717, 1.165) is 30.0 Å². The quantitative estimate of drug-likeness (QED) is 0.362. The summed E-state index contributed by atoms with van der Waals surface area (Å²) in [6.45, 7) is 7.20. The smallest absolute Gasteiger partial charge is 0.339 e. The van der Waals surface area contributed by atoms with Crippen LogP contribution in [0.4, 0.5) is 14.9 Å². The SMILES string of the molecule is CCOc1ccc(NC(=O)N(Cc2cccc(OS(=O)(=O)c3ccc(F)cc3)c2)CC(C)C)cc1. The fraction of sp³-hybridized carbons (Fsp3) is 0.269. The van der Waals surface area contributed by atoms with Crippen molar-refractivity contribution in [3.63, 3.8) is 0 Å². The Hall–Kier alpha value is -3.59. The average molecular weight is 501 g/mol. The third kappa shape index (κ3) is 7.71. The fourth-order valence-corrected chi connectivity index (χ4v) is 4.28. The average Bonchev–Trinajstić information content (AvgIpc) is 2.80. The van der Waals surface area contributed by atoms with Crippen LogP contribution >= 0.6 is 0 Å². The molecule has 0 spiro atoms. The van der Waals surface area contributed by atoms with Crippen molar-refractivity contribution in [1.82, 2.24) is 4.90 Å². The topological polar surface area (TPSA) is 84.9 Å². The number of hydrogen-bond acceptors (Lipinski definition) is 5. The van der Waals surface area contributed by atoms with E-state index in [1.165, 1.54) is 6.07 Å². The van der Waals surface area contributed by atoms with Crippen LogP contribution in [0.15, 0.2) is 77.7 Å². The van der Waals surface area contributed by atoms with Crippen molar-refractivity contribution in [3.8, 4) is 11.5 Å². The molecular formula is C26H29FN2O5S. The Balaban J connectivity index is 1.73. The van der Waals surface area contributed by atoms with Gasteiger partial charge in [0.2, 0.25) is 0 Å². The maximum Gasteiger partial charge on any atom is 0.339 e. The highest BCUT2D eigenvalue weighted by Gasteiger charge is 2.19. The first kappa shape index (κ1) is 26.0. The van der Waals surface area contributed by atoms with Crippen molar-refractivity contribution >= 4 is 21.8 Å². The highest BCUT2D eigenvalue weighted by atomic mass is 32.2. The van der Waals surface area contributed by atoms with Crippen molar-refractivity contribution < 1.29 is 26.5 Å². The molecular weight excluding hydrogens is 471 g/mol. The highest BCUT2D eigenvalue weighted by molar-refractivity contribution is 7.87. The summed E-state index contributed by atoms with van der Waals surface area (Å²) < 4.78 is 48.9. The number of nitrogens with zero attached hydrogens (tertiary/aromatic N) is 1. The van der Waals surface area contributed by atoms with Gasteiger partial charge in [-0.05, 0) is 79.1 Å². The zero-order valence-corrected chi connectivity index (χ0v) is 20.7. The van der Waals surface area contributed by atoms with Gasteiger partial charge in [0.05, 0.1) is 6.61 Å². The van der Waals surface area contributed by atoms with Crippen LogP contribution in [0.2, 0.25) is 0 Å². The molecule has 186 valence electrons. The van der Waals surface area contributed by atoms with Gasteiger partial charge >= 0.3 is 16.1 Å². The lowest BCUT2D eigenvalue weighted by Gasteiger charge is -2.25. The van der Waals surface area contributed by atoms with E-state index in [1.807, 2.05) is 20.8 Å². The molecule has 0 aliphatic carbocycles. The molecule has 1 N–H and O–H groups in total. The van der Waals surface area contributed by atoms with Crippen LogP contribution in [0, 0.1) is 11.7 Å². The second-order valence-electron chi connectivity index (χ2n) is 8.30. The van der Waals surface area contributed by atoms with E-state index in [1.54, 1.807) is 47.4 Å². The van der Waals surface area contributed by atoms with E-state index in [0.29, 0.717) is 24.4 Å². The zero-order chi connectivity index (χ0) is 25.4. The Morgan fingerprint density at radius 1 is 1.00 bits per heavy atom. The van der Waals surface area contributed by atoms with Crippen LogP contribution in [-0.4, -0.2) is 32.5 Å². The van der Waals surface area contributed by atoms with E-state index in [9.17, 15) is 17.6 Å². The van der Waals surface area contributed by atoms with Crippen molar-refractivity contribution in [2.45, 2.75) is 32.2 Å². The lowest BCUT2D eigenvalue weighted by Crippen LogP contribution is -2.37. The molecule has 0 saturated heterocycles. The fourth-order valence-electron chi connectivity index (χ4n) is 3.36. The summed E-state index contributed by atoms with van der Waals surface area (Å²) in [5.41, 5.74) is 1.33. The van der Waals surface area contributed by atoms with Crippen LogP contribution in [0.3, 0.4) is 0 Å². The number of hydrogen-bond donors (Lipinski definition) is 1. The molecule has 0 saturated carbocycles. The number of ether oxygens (including phenoxy) is 1. The summed E-state index contributed by atoms with van der Waals surface area (Å²) in [6.07, 6.45) is 0. The number of halogens is 1. The Kier molecular flexibility index (Phi) is 8.70. The molecule has 3 rings (SSSR count). The molecule has 7 nitrogen and oxygen atoms in total. The van der Waals surface area contributed by atoms with E-state index < -0.39 is 15.9 Å².